The highest BCUT2D eigenvalue weighted by Gasteiger charge is 2.13. The third-order valence-electron chi connectivity index (χ3n) is 2.84. The maximum atomic E-state index is 13.1. The van der Waals surface area contributed by atoms with Gasteiger partial charge in [-0.25, -0.2) is 4.39 Å². The lowest BCUT2D eigenvalue weighted by atomic mass is 10.2. The van der Waals surface area contributed by atoms with Crippen LogP contribution in [0.1, 0.15) is 24.2 Å². The summed E-state index contributed by atoms with van der Waals surface area (Å²) in [6, 6.07) is 3.90. The van der Waals surface area contributed by atoms with Crippen molar-refractivity contribution in [3.05, 3.63) is 29.6 Å². The van der Waals surface area contributed by atoms with Crippen LogP contribution in [0.15, 0.2) is 18.2 Å². The van der Waals surface area contributed by atoms with E-state index in [1.54, 1.807) is 0 Å². The van der Waals surface area contributed by atoms with E-state index in [0.717, 1.165) is 25.7 Å². The quantitative estimate of drug-likeness (QED) is 0.810. The summed E-state index contributed by atoms with van der Waals surface area (Å²) in [4.78, 5) is 13.9. The number of nitrogens with zero attached hydrogens (tertiary/aromatic N) is 1. The smallest absolute Gasteiger partial charge is 0.255 e. The van der Waals surface area contributed by atoms with Crippen LogP contribution in [0.2, 0.25) is 0 Å². The van der Waals surface area contributed by atoms with Gasteiger partial charge in [-0.05, 0) is 25.2 Å². The molecule has 0 aliphatic carbocycles. The summed E-state index contributed by atoms with van der Waals surface area (Å²) in [6.45, 7) is 7.12. The Morgan fingerprint density at radius 2 is 2.06 bits per heavy atom. The Hall–Kier alpha value is -1.62. The minimum Gasteiger partial charge on any atom is -0.504 e. The zero-order valence-corrected chi connectivity index (χ0v) is 10.7. The number of hydrogen-bond acceptors (Lipinski definition) is 3. The molecule has 0 radical (unpaired) electrons. The number of carbonyl (C=O) groups is 1. The summed E-state index contributed by atoms with van der Waals surface area (Å²) in [5.41, 5.74) is -0.0328. The SMILES string of the molecule is CCN(CC)CCNC(=O)c1cccc(F)c1O. The summed E-state index contributed by atoms with van der Waals surface area (Å²) < 4.78 is 13.1. The van der Waals surface area contributed by atoms with Crippen LogP contribution in [0, 0.1) is 5.82 Å². The molecule has 0 aromatic heterocycles. The number of hydrogen-bond donors (Lipinski definition) is 2. The van der Waals surface area contributed by atoms with E-state index in [0.29, 0.717) is 6.54 Å². The van der Waals surface area contributed by atoms with Crippen molar-refractivity contribution in [2.75, 3.05) is 26.2 Å². The van der Waals surface area contributed by atoms with Gasteiger partial charge < -0.3 is 15.3 Å². The van der Waals surface area contributed by atoms with E-state index in [9.17, 15) is 14.3 Å². The standard InChI is InChI=1S/C13H19FN2O2/c1-3-16(4-2)9-8-15-13(18)10-6-5-7-11(14)12(10)17/h5-7,17H,3-4,8-9H2,1-2H3,(H,15,18). The number of carbonyl (C=O) groups excluding carboxylic acids is 1. The van der Waals surface area contributed by atoms with E-state index in [-0.39, 0.29) is 5.56 Å². The molecule has 0 bridgehead atoms. The molecule has 5 heteroatoms. The van der Waals surface area contributed by atoms with Crippen molar-refractivity contribution in [2.24, 2.45) is 0 Å². The number of nitrogens with one attached hydrogen (secondary N) is 1. The molecule has 0 spiro atoms. The van der Waals surface area contributed by atoms with Crippen LogP contribution in [-0.4, -0.2) is 42.1 Å². The van der Waals surface area contributed by atoms with Crippen molar-refractivity contribution in [3.8, 4) is 5.75 Å². The molecule has 0 saturated carbocycles. The van der Waals surface area contributed by atoms with E-state index >= 15 is 0 Å². The Morgan fingerprint density at radius 3 is 2.67 bits per heavy atom. The molecule has 0 fully saturated rings. The van der Waals surface area contributed by atoms with Gasteiger partial charge in [0.2, 0.25) is 0 Å². The van der Waals surface area contributed by atoms with Crippen molar-refractivity contribution in [2.45, 2.75) is 13.8 Å². The van der Waals surface area contributed by atoms with Crippen molar-refractivity contribution in [1.29, 1.82) is 0 Å². The minimum absolute atomic E-state index is 0.0328. The predicted octanol–water partition coefficient (Wildman–Crippen LogP) is 1.60. The molecular formula is C13H19FN2O2. The Kier molecular flexibility index (Phi) is 5.58. The van der Waals surface area contributed by atoms with Gasteiger partial charge in [0.05, 0.1) is 5.56 Å². The summed E-state index contributed by atoms with van der Waals surface area (Å²) in [6.07, 6.45) is 0. The molecule has 0 aliphatic rings. The first-order valence-corrected chi connectivity index (χ1v) is 6.08. The zero-order chi connectivity index (χ0) is 13.5. The summed E-state index contributed by atoms with van der Waals surface area (Å²) >= 11 is 0. The van der Waals surface area contributed by atoms with Crippen molar-refractivity contribution in [3.63, 3.8) is 0 Å². The highest BCUT2D eigenvalue weighted by Crippen LogP contribution is 2.20. The van der Waals surface area contributed by atoms with Gasteiger partial charge in [0.15, 0.2) is 11.6 Å². The number of amides is 1. The van der Waals surface area contributed by atoms with E-state index in [1.165, 1.54) is 12.1 Å². The molecule has 1 aromatic carbocycles. The van der Waals surface area contributed by atoms with E-state index < -0.39 is 17.5 Å². The third-order valence-corrected chi connectivity index (χ3v) is 2.84. The van der Waals surface area contributed by atoms with Crippen LogP contribution in [0.4, 0.5) is 4.39 Å². The molecule has 0 saturated heterocycles. The van der Waals surface area contributed by atoms with E-state index in [4.69, 9.17) is 0 Å². The predicted molar refractivity (Wildman–Crippen MR) is 68.2 cm³/mol. The highest BCUT2D eigenvalue weighted by atomic mass is 19.1. The second-order valence-corrected chi connectivity index (χ2v) is 3.92. The normalized spacial score (nSPS) is 10.7. The number of aromatic hydroxyl groups is 1. The maximum absolute atomic E-state index is 13.1. The van der Waals surface area contributed by atoms with Gasteiger partial charge in [-0.1, -0.05) is 19.9 Å². The van der Waals surface area contributed by atoms with Gasteiger partial charge in [0, 0.05) is 13.1 Å². The second kappa shape index (κ2) is 6.96. The second-order valence-electron chi connectivity index (χ2n) is 3.92. The molecule has 0 atom stereocenters. The Balaban J connectivity index is 2.53. The van der Waals surface area contributed by atoms with Crippen molar-refractivity contribution < 1.29 is 14.3 Å². The Bertz CT molecular complexity index is 406. The van der Waals surface area contributed by atoms with Crippen LogP contribution in [-0.2, 0) is 0 Å². The molecule has 1 amide bonds. The number of benzene rings is 1. The fourth-order valence-electron chi connectivity index (χ4n) is 1.66. The summed E-state index contributed by atoms with van der Waals surface area (Å²) in [7, 11) is 0. The molecular weight excluding hydrogens is 235 g/mol. The van der Waals surface area contributed by atoms with Gasteiger partial charge in [0.1, 0.15) is 0 Å². The number of phenolic OH excluding ortho intramolecular Hbond substituents is 1. The van der Waals surface area contributed by atoms with Crippen LogP contribution in [0.5, 0.6) is 5.75 Å². The molecule has 1 rings (SSSR count). The van der Waals surface area contributed by atoms with Gasteiger partial charge >= 0.3 is 0 Å². The molecule has 1 aromatic rings. The van der Waals surface area contributed by atoms with E-state index in [2.05, 4.69) is 10.2 Å². The maximum Gasteiger partial charge on any atom is 0.255 e. The average Bonchev–Trinajstić information content (AvgIpc) is 2.37. The molecule has 2 N–H and O–H groups in total. The first-order chi connectivity index (χ1) is 8.60. The lowest BCUT2D eigenvalue weighted by molar-refractivity contribution is 0.0945. The monoisotopic (exact) mass is 254 g/mol. The number of halogens is 1. The third kappa shape index (κ3) is 3.70. The van der Waals surface area contributed by atoms with Crippen LogP contribution in [0.3, 0.4) is 0 Å². The van der Waals surface area contributed by atoms with Crippen LogP contribution < -0.4 is 5.32 Å². The van der Waals surface area contributed by atoms with Gasteiger partial charge in [-0.3, -0.25) is 4.79 Å². The first kappa shape index (κ1) is 14.4. The number of rotatable bonds is 6. The molecule has 0 aliphatic heterocycles. The van der Waals surface area contributed by atoms with Crippen LogP contribution >= 0.6 is 0 Å². The fraction of sp³-hybridized carbons (Fsp3) is 0.462. The minimum atomic E-state index is -0.786. The fourth-order valence-corrected chi connectivity index (χ4v) is 1.66. The molecule has 100 valence electrons. The van der Waals surface area contributed by atoms with Crippen LogP contribution in [0.25, 0.3) is 0 Å². The van der Waals surface area contributed by atoms with E-state index in [1.807, 2.05) is 13.8 Å². The summed E-state index contributed by atoms with van der Waals surface area (Å²) in [5, 5.41) is 12.1. The molecule has 4 nitrogen and oxygen atoms in total. The topological polar surface area (TPSA) is 52.6 Å². The number of para-hydroxylation sites is 1. The van der Waals surface area contributed by atoms with Gasteiger partial charge in [0.25, 0.3) is 5.91 Å². The largest absolute Gasteiger partial charge is 0.504 e. The highest BCUT2D eigenvalue weighted by molar-refractivity contribution is 5.96. The zero-order valence-electron chi connectivity index (χ0n) is 10.7. The number of likely N-dealkylation sites (N-methyl/N-ethyl adjacent to an activating group) is 1. The van der Waals surface area contributed by atoms with Crippen molar-refractivity contribution >= 4 is 5.91 Å². The first-order valence-electron chi connectivity index (χ1n) is 6.08. The Morgan fingerprint density at radius 1 is 1.39 bits per heavy atom. The Labute approximate surface area is 106 Å². The van der Waals surface area contributed by atoms with Gasteiger partial charge in [-0.15, -0.1) is 0 Å². The number of phenols is 1. The molecule has 18 heavy (non-hydrogen) atoms. The molecule has 0 heterocycles. The van der Waals surface area contributed by atoms with Crippen molar-refractivity contribution in [1.82, 2.24) is 10.2 Å². The summed E-state index contributed by atoms with van der Waals surface area (Å²) in [5.74, 6) is -1.84. The molecule has 0 unspecified atom stereocenters. The average molecular weight is 254 g/mol. The lowest BCUT2D eigenvalue weighted by Crippen LogP contribution is -2.34. The lowest BCUT2D eigenvalue weighted by Gasteiger charge is -2.18. The van der Waals surface area contributed by atoms with Gasteiger partial charge in [-0.2, -0.15) is 0 Å².